The maximum absolute atomic E-state index is 4.68. The van der Waals surface area contributed by atoms with Crippen LogP contribution in [0.4, 0.5) is 0 Å². The molecule has 25 heavy (non-hydrogen) atoms. The van der Waals surface area contributed by atoms with E-state index in [1.807, 2.05) is 4.57 Å². The summed E-state index contributed by atoms with van der Waals surface area (Å²) >= 11 is 0. The van der Waals surface area contributed by atoms with Gasteiger partial charge in [0.15, 0.2) is 5.96 Å². The lowest BCUT2D eigenvalue weighted by molar-refractivity contribution is 0.270. The molecule has 1 heterocycles. The molecule has 0 spiro atoms. The van der Waals surface area contributed by atoms with Gasteiger partial charge in [0, 0.05) is 26.2 Å². The van der Waals surface area contributed by atoms with Crippen LogP contribution in [0.5, 0.6) is 0 Å². The molecule has 144 valence electrons. The fourth-order valence-corrected chi connectivity index (χ4v) is 3.49. The van der Waals surface area contributed by atoms with Crippen molar-refractivity contribution in [3.05, 3.63) is 12.7 Å². The normalized spacial score (nSPS) is 20.8. The van der Waals surface area contributed by atoms with Gasteiger partial charge in [0.1, 0.15) is 12.7 Å². The summed E-state index contributed by atoms with van der Waals surface area (Å²) in [5.41, 5.74) is 0. The minimum Gasteiger partial charge on any atom is -0.357 e. The number of nitrogens with one attached hydrogen (secondary N) is 2. The highest BCUT2D eigenvalue weighted by atomic mass is 127. The predicted molar refractivity (Wildman–Crippen MR) is 114 cm³/mol. The van der Waals surface area contributed by atoms with Crippen LogP contribution in [0.3, 0.4) is 0 Å². The number of rotatable bonds is 9. The first kappa shape index (κ1) is 22.2. The number of aromatic nitrogens is 3. The number of aliphatic imine (C=N–C) groups is 1. The first-order valence-corrected chi connectivity index (χ1v) is 9.62. The van der Waals surface area contributed by atoms with Gasteiger partial charge >= 0.3 is 0 Å². The van der Waals surface area contributed by atoms with Crippen LogP contribution in [-0.4, -0.2) is 40.4 Å². The van der Waals surface area contributed by atoms with Gasteiger partial charge in [-0.3, -0.25) is 4.99 Å². The SMILES string of the molecule is CCNC(=NCCCCn1cnnc1)NCCC1CCCC(C)C1.I. The molecule has 0 amide bonds. The molecule has 2 atom stereocenters. The number of guanidine groups is 1. The van der Waals surface area contributed by atoms with Crippen LogP contribution in [0.1, 0.15) is 58.8 Å². The summed E-state index contributed by atoms with van der Waals surface area (Å²) in [5.74, 6) is 2.77. The first-order chi connectivity index (χ1) is 11.8. The molecule has 1 fully saturated rings. The van der Waals surface area contributed by atoms with E-state index in [9.17, 15) is 0 Å². The molecule has 0 radical (unpaired) electrons. The second-order valence-electron chi connectivity index (χ2n) is 7.02. The van der Waals surface area contributed by atoms with Crippen molar-refractivity contribution >= 4 is 29.9 Å². The second kappa shape index (κ2) is 13.4. The summed E-state index contributed by atoms with van der Waals surface area (Å²) in [5, 5.41) is 14.5. The highest BCUT2D eigenvalue weighted by Gasteiger charge is 2.18. The topological polar surface area (TPSA) is 67.1 Å². The molecule has 2 N–H and O–H groups in total. The van der Waals surface area contributed by atoms with Gasteiger partial charge in [-0.1, -0.05) is 26.2 Å². The minimum atomic E-state index is 0. The standard InChI is InChI=1S/C18H34N6.HI/c1-3-19-18(20-10-4-5-12-24-14-22-23-15-24)21-11-9-17-8-6-7-16(2)13-17;/h14-17H,3-13H2,1-2H3,(H2,19,20,21);1H. The zero-order chi connectivity index (χ0) is 17.0. The Morgan fingerprint density at radius 1 is 1.20 bits per heavy atom. The lowest BCUT2D eigenvalue weighted by Crippen LogP contribution is -2.38. The zero-order valence-electron chi connectivity index (χ0n) is 15.8. The fourth-order valence-electron chi connectivity index (χ4n) is 3.49. The predicted octanol–water partition coefficient (Wildman–Crippen LogP) is 3.45. The Morgan fingerprint density at radius 3 is 2.72 bits per heavy atom. The number of halogens is 1. The molecule has 2 rings (SSSR count). The van der Waals surface area contributed by atoms with Crippen molar-refractivity contribution in [3.63, 3.8) is 0 Å². The summed E-state index contributed by atoms with van der Waals surface area (Å²) in [6.07, 6.45) is 12.6. The number of hydrogen-bond acceptors (Lipinski definition) is 3. The van der Waals surface area contributed by atoms with Crippen LogP contribution >= 0.6 is 24.0 Å². The zero-order valence-corrected chi connectivity index (χ0v) is 18.1. The van der Waals surface area contributed by atoms with Crippen molar-refractivity contribution in [3.8, 4) is 0 Å². The van der Waals surface area contributed by atoms with Crippen LogP contribution in [0.25, 0.3) is 0 Å². The van der Waals surface area contributed by atoms with E-state index in [-0.39, 0.29) is 24.0 Å². The van der Waals surface area contributed by atoms with Gasteiger partial charge in [0.25, 0.3) is 0 Å². The van der Waals surface area contributed by atoms with Gasteiger partial charge in [0.05, 0.1) is 0 Å². The third kappa shape index (κ3) is 9.42. The van der Waals surface area contributed by atoms with E-state index in [4.69, 9.17) is 0 Å². The molecule has 1 aliphatic carbocycles. The van der Waals surface area contributed by atoms with Gasteiger partial charge in [-0.25, -0.2) is 0 Å². The number of nitrogens with zero attached hydrogens (tertiary/aromatic N) is 4. The average molecular weight is 462 g/mol. The third-order valence-electron chi connectivity index (χ3n) is 4.80. The molecule has 1 aromatic rings. The fraction of sp³-hybridized carbons (Fsp3) is 0.833. The van der Waals surface area contributed by atoms with Crippen molar-refractivity contribution in [2.45, 2.75) is 65.3 Å². The molecule has 0 aliphatic heterocycles. The lowest BCUT2D eigenvalue weighted by atomic mass is 9.81. The number of hydrogen-bond donors (Lipinski definition) is 2. The Balaban J connectivity index is 0.00000312. The van der Waals surface area contributed by atoms with Gasteiger partial charge in [0.2, 0.25) is 0 Å². The van der Waals surface area contributed by atoms with Crippen molar-refractivity contribution in [2.75, 3.05) is 19.6 Å². The van der Waals surface area contributed by atoms with Crippen LogP contribution < -0.4 is 10.6 Å². The summed E-state index contributed by atoms with van der Waals surface area (Å²) in [6, 6.07) is 0. The van der Waals surface area contributed by atoms with Crippen LogP contribution in [0.2, 0.25) is 0 Å². The molecule has 1 aliphatic rings. The summed E-state index contributed by atoms with van der Waals surface area (Å²) in [7, 11) is 0. The minimum absolute atomic E-state index is 0. The van der Waals surface area contributed by atoms with Crippen molar-refractivity contribution < 1.29 is 0 Å². The monoisotopic (exact) mass is 462 g/mol. The first-order valence-electron chi connectivity index (χ1n) is 9.62. The molecular weight excluding hydrogens is 427 g/mol. The van der Waals surface area contributed by atoms with E-state index in [2.05, 4.69) is 39.7 Å². The second-order valence-corrected chi connectivity index (χ2v) is 7.02. The van der Waals surface area contributed by atoms with Crippen molar-refractivity contribution in [1.29, 1.82) is 0 Å². The van der Waals surface area contributed by atoms with Gasteiger partial charge in [-0.15, -0.1) is 34.2 Å². The number of unbranched alkanes of at least 4 members (excludes halogenated alkanes) is 1. The molecule has 1 saturated carbocycles. The van der Waals surface area contributed by atoms with Crippen molar-refractivity contribution in [1.82, 2.24) is 25.4 Å². The Labute approximate surface area is 169 Å². The quantitative estimate of drug-likeness (QED) is 0.255. The molecule has 2 unspecified atom stereocenters. The third-order valence-corrected chi connectivity index (χ3v) is 4.80. The Hall–Kier alpha value is -0.860. The highest BCUT2D eigenvalue weighted by molar-refractivity contribution is 14.0. The van der Waals surface area contributed by atoms with E-state index >= 15 is 0 Å². The summed E-state index contributed by atoms with van der Waals surface area (Å²) < 4.78 is 2.01. The van der Waals surface area contributed by atoms with E-state index < -0.39 is 0 Å². The average Bonchev–Trinajstić information content (AvgIpc) is 3.08. The molecule has 0 bridgehead atoms. The molecule has 1 aromatic heterocycles. The van der Waals surface area contributed by atoms with Gasteiger partial charge in [-0.2, -0.15) is 0 Å². The molecule has 0 saturated heterocycles. The Kier molecular flexibility index (Phi) is 11.9. The van der Waals surface area contributed by atoms with E-state index in [0.29, 0.717) is 0 Å². The van der Waals surface area contributed by atoms with E-state index in [0.717, 1.165) is 56.8 Å². The molecule has 7 heteroatoms. The van der Waals surface area contributed by atoms with E-state index in [1.54, 1.807) is 12.7 Å². The van der Waals surface area contributed by atoms with Crippen LogP contribution in [0.15, 0.2) is 17.6 Å². The van der Waals surface area contributed by atoms with Gasteiger partial charge in [-0.05, 0) is 44.4 Å². The maximum atomic E-state index is 4.68. The van der Waals surface area contributed by atoms with Crippen LogP contribution in [0, 0.1) is 11.8 Å². The highest BCUT2D eigenvalue weighted by Crippen LogP contribution is 2.30. The molecule has 0 aromatic carbocycles. The maximum Gasteiger partial charge on any atom is 0.191 e. The Bertz CT molecular complexity index is 462. The smallest absolute Gasteiger partial charge is 0.191 e. The summed E-state index contributed by atoms with van der Waals surface area (Å²) in [4.78, 5) is 4.68. The Morgan fingerprint density at radius 2 is 2.00 bits per heavy atom. The van der Waals surface area contributed by atoms with Crippen LogP contribution in [-0.2, 0) is 6.54 Å². The number of aryl methyl sites for hydroxylation is 1. The largest absolute Gasteiger partial charge is 0.357 e. The summed E-state index contributed by atoms with van der Waals surface area (Å²) in [6.45, 7) is 8.28. The van der Waals surface area contributed by atoms with Crippen molar-refractivity contribution in [2.24, 2.45) is 16.8 Å². The van der Waals surface area contributed by atoms with Gasteiger partial charge < -0.3 is 15.2 Å². The molecular formula is C18H35IN6. The lowest BCUT2D eigenvalue weighted by Gasteiger charge is -2.26. The molecule has 6 nitrogen and oxygen atoms in total. The van der Waals surface area contributed by atoms with E-state index in [1.165, 1.54) is 32.1 Å².